The third-order valence-corrected chi connectivity index (χ3v) is 2.66. The molecule has 0 spiro atoms. The molecule has 82 valence electrons. The van der Waals surface area contributed by atoms with Crippen molar-refractivity contribution in [1.82, 2.24) is 0 Å². The van der Waals surface area contributed by atoms with Crippen molar-refractivity contribution in [2.24, 2.45) is 0 Å². The third-order valence-electron chi connectivity index (χ3n) is 2.33. The van der Waals surface area contributed by atoms with Gasteiger partial charge in [0, 0.05) is 12.0 Å². The van der Waals surface area contributed by atoms with Crippen LogP contribution in [-0.2, 0) is 0 Å². The first-order chi connectivity index (χ1) is 7.15. The molecule has 1 aromatic carbocycles. The lowest BCUT2D eigenvalue weighted by Gasteiger charge is -2.03. The van der Waals surface area contributed by atoms with Crippen LogP contribution in [0.5, 0.6) is 0 Å². The number of unbranched alkanes of at least 4 members (excludes halogenated alkanes) is 2. The molecule has 0 saturated carbocycles. The smallest absolute Gasteiger partial charge is 0.162 e. The molecule has 0 heterocycles. The summed E-state index contributed by atoms with van der Waals surface area (Å²) in [6, 6.07) is 5.05. The van der Waals surface area contributed by atoms with Gasteiger partial charge in [0.15, 0.2) is 5.78 Å². The van der Waals surface area contributed by atoms with Crippen LogP contribution in [0.4, 0.5) is 5.69 Å². The largest absolute Gasteiger partial charge is 0.398 e. The van der Waals surface area contributed by atoms with E-state index in [-0.39, 0.29) is 5.78 Å². The van der Waals surface area contributed by atoms with Crippen LogP contribution in [0.2, 0.25) is 5.02 Å². The second kappa shape index (κ2) is 5.76. The predicted molar refractivity (Wildman–Crippen MR) is 64.3 cm³/mol. The minimum absolute atomic E-state index is 0.144. The lowest BCUT2D eigenvalue weighted by molar-refractivity contribution is 0.0979. The molecule has 15 heavy (non-hydrogen) atoms. The van der Waals surface area contributed by atoms with Gasteiger partial charge >= 0.3 is 0 Å². The number of carbonyl (C=O) groups excluding carboxylic acids is 1. The fourth-order valence-corrected chi connectivity index (χ4v) is 1.56. The van der Waals surface area contributed by atoms with E-state index < -0.39 is 0 Å². The summed E-state index contributed by atoms with van der Waals surface area (Å²) in [6.45, 7) is 2.12. The number of nitrogen functional groups attached to an aromatic ring is 1. The zero-order valence-corrected chi connectivity index (χ0v) is 9.68. The first kappa shape index (κ1) is 12.1. The summed E-state index contributed by atoms with van der Waals surface area (Å²) in [6.07, 6.45) is 3.75. The molecule has 0 unspecified atom stereocenters. The average Bonchev–Trinajstić information content (AvgIpc) is 2.22. The Morgan fingerprint density at radius 2 is 2.13 bits per heavy atom. The molecular formula is C12H16ClNO. The highest BCUT2D eigenvalue weighted by Gasteiger charge is 2.06. The van der Waals surface area contributed by atoms with Crippen LogP contribution < -0.4 is 5.73 Å². The zero-order valence-electron chi connectivity index (χ0n) is 8.92. The molecule has 0 aliphatic heterocycles. The summed E-state index contributed by atoms with van der Waals surface area (Å²) >= 11 is 5.84. The van der Waals surface area contributed by atoms with Crippen LogP contribution in [0, 0.1) is 0 Å². The molecule has 0 atom stereocenters. The number of benzene rings is 1. The quantitative estimate of drug-likeness (QED) is 0.472. The molecule has 2 N–H and O–H groups in total. The summed E-state index contributed by atoms with van der Waals surface area (Å²) in [5, 5.41) is 0.455. The Bertz CT molecular complexity index is 349. The molecule has 0 amide bonds. The van der Waals surface area contributed by atoms with E-state index in [9.17, 15) is 4.79 Å². The topological polar surface area (TPSA) is 43.1 Å². The van der Waals surface area contributed by atoms with Gasteiger partial charge in [-0.15, -0.1) is 0 Å². The lowest BCUT2D eigenvalue weighted by atomic mass is 10.0. The molecule has 0 saturated heterocycles. The van der Waals surface area contributed by atoms with E-state index in [2.05, 4.69) is 6.92 Å². The predicted octanol–water partition coefficient (Wildman–Crippen LogP) is 3.69. The maximum atomic E-state index is 11.7. The number of carbonyl (C=O) groups is 1. The highest BCUT2D eigenvalue weighted by molar-refractivity contribution is 6.33. The number of hydrogen-bond acceptors (Lipinski definition) is 2. The number of hydrogen-bond donors (Lipinski definition) is 1. The molecule has 0 fully saturated rings. The van der Waals surface area contributed by atoms with Crippen LogP contribution in [0.3, 0.4) is 0 Å². The molecule has 0 aromatic heterocycles. The number of anilines is 1. The van der Waals surface area contributed by atoms with Crippen molar-refractivity contribution in [2.45, 2.75) is 32.6 Å². The molecule has 3 heteroatoms. The van der Waals surface area contributed by atoms with Crippen LogP contribution in [0.15, 0.2) is 18.2 Å². The summed E-state index contributed by atoms with van der Waals surface area (Å²) in [5.41, 5.74) is 6.74. The minimum Gasteiger partial charge on any atom is -0.398 e. The normalized spacial score (nSPS) is 10.3. The first-order valence-corrected chi connectivity index (χ1v) is 5.61. The van der Waals surface area contributed by atoms with Gasteiger partial charge in [0.25, 0.3) is 0 Å². The van der Waals surface area contributed by atoms with Gasteiger partial charge in [-0.05, 0) is 24.6 Å². The Balaban J connectivity index is 2.62. The Morgan fingerprint density at radius 3 is 2.73 bits per heavy atom. The van der Waals surface area contributed by atoms with Crippen LogP contribution in [0.1, 0.15) is 43.0 Å². The van der Waals surface area contributed by atoms with E-state index in [4.69, 9.17) is 17.3 Å². The Hall–Kier alpha value is -1.02. The molecule has 1 aromatic rings. The van der Waals surface area contributed by atoms with Crippen molar-refractivity contribution < 1.29 is 4.79 Å². The molecule has 1 rings (SSSR count). The molecule has 2 nitrogen and oxygen atoms in total. The maximum Gasteiger partial charge on any atom is 0.162 e. The van der Waals surface area contributed by atoms with Crippen molar-refractivity contribution in [3.8, 4) is 0 Å². The van der Waals surface area contributed by atoms with Gasteiger partial charge in [-0.3, -0.25) is 4.79 Å². The lowest BCUT2D eigenvalue weighted by Crippen LogP contribution is -1.99. The fourth-order valence-electron chi connectivity index (χ4n) is 1.38. The Morgan fingerprint density at radius 1 is 1.40 bits per heavy atom. The average molecular weight is 226 g/mol. The van der Waals surface area contributed by atoms with Crippen molar-refractivity contribution in [3.05, 3.63) is 28.8 Å². The van der Waals surface area contributed by atoms with E-state index in [1.165, 1.54) is 0 Å². The minimum atomic E-state index is 0.144. The summed E-state index contributed by atoms with van der Waals surface area (Å²) < 4.78 is 0. The van der Waals surface area contributed by atoms with Gasteiger partial charge in [0.1, 0.15) is 0 Å². The zero-order chi connectivity index (χ0) is 11.3. The van der Waals surface area contributed by atoms with Crippen LogP contribution in [0.25, 0.3) is 0 Å². The molecule has 0 radical (unpaired) electrons. The highest BCUT2D eigenvalue weighted by atomic mass is 35.5. The van der Waals surface area contributed by atoms with Gasteiger partial charge in [-0.2, -0.15) is 0 Å². The van der Waals surface area contributed by atoms with Gasteiger partial charge in [0.2, 0.25) is 0 Å². The number of rotatable bonds is 5. The van der Waals surface area contributed by atoms with E-state index in [1.54, 1.807) is 18.2 Å². The van der Waals surface area contributed by atoms with Crippen molar-refractivity contribution in [3.63, 3.8) is 0 Å². The van der Waals surface area contributed by atoms with Crippen LogP contribution in [-0.4, -0.2) is 5.78 Å². The summed E-state index contributed by atoms with van der Waals surface area (Å²) in [5.74, 6) is 0.144. The molecule has 0 aliphatic carbocycles. The maximum absolute atomic E-state index is 11.7. The van der Waals surface area contributed by atoms with E-state index in [0.29, 0.717) is 22.7 Å². The number of ketones is 1. The molecule has 0 bridgehead atoms. The highest BCUT2D eigenvalue weighted by Crippen LogP contribution is 2.20. The molecule has 0 aliphatic rings. The van der Waals surface area contributed by atoms with E-state index >= 15 is 0 Å². The van der Waals surface area contributed by atoms with Crippen LogP contribution >= 0.6 is 11.6 Å². The number of nitrogens with two attached hydrogens (primary N) is 1. The van der Waals surface area contributed by atoms with Crippen molar-refractivity contribution in [1.29, 1.82) is 0 Å². The van der Waals surface area contributed by atoms with Gasteiger partial charge in [-0.25, -0.2) is 0 Å². The van der Waals surface area contributed by atoms with Gasteiger partial charge in [-0.1, -0.05) is 31.4 Å². The Labute approximate surface area is 95.4 Å². The fraction of sp³-hybridized carbons (Fsp3) is 0.417. The molecular weight excluding hydrogens is 210 g/mol. The standard InChI is InChI=1S/C12H16ClNO/c1-2-3-4-5-12(15)9-6-7-11(14)10(13)8-9/h6-8H,2-5,14H2,1H3. The van der Waals surface area contributed by atoms with Gasteiger partial charge < -0.3 is 5.73 Å². The van der Waals surface area contributed by atoms with Crippen molar-refractivity contribution in [2.75, 3.05) is 5.73 Å². The first-order valence-electron chi connectivity index (χ1n) is 5.23. The third kappa shape index (κ3) is 3.56. The van der Waals surface area contributed by atoms with Crippen molar-refractivity contribution >= 4 is 23.1 Å². The summed E-state index contributed by atoms with van der Waals surface area (Å²) in [4.78, 5) is 11.7. The SMILES string of the molecule is CCCCCC(=O)c1ccc(N)c(Cl)c1. The monoisotopic (exact) mass is 225 g/mol. The Kier molecular flexibility index (Phi) is 4.63. The number of Topliss-reactive ketones (excluding diaryl/α,β-unsaturated/α-hetero) is 1. The van der Waals surface area contributed by atoms with E-state index in [0.717, 1.165) is 19.3 Å². The number of halogens is 1. The second-order valence-electron chi connectivity index (χ2n) is 3.62. The summed E-state index contributed by atoms with van der Waals surface area (Å²) in [7, 11) is 0. The second-order valence-corrected chi connectivity index (χ2v) is 4.02. The van der Waals surface area contributed by atoms with Gasteiger partial charge in [0.05, 0.1) is 10.7 Å². The van der Waals surface area contributed by atoms with E-state index in [1.807, 2.05) is 0 Å².